The van der Waals surface area contributed by atoms with E-state index in [2.05, 4.69) is 12.6 Å². The van der Waals surface area contributed by atoms with Crippen LogP contribution in [0.15, 0.2) is 0 Å². The maximum absolute atomic E-state index is 11.2. The van der Waals surface area contributed by atoms with E-state index in [-0.39, 0.29) is 24.3 Å². The SMILES string of the molecule is CC.CC(C)N1C(=O)CC(S)C1=O. The van der Waals surface area contributed by atoms with Gasteiger partial charge in [0, 0.05) is 12.5 Å². The minimum absolute atomic E-state index is 0.0350. The van der Waals surface area contributed by atoms with Crippen LogP contribution < -0.4 is 0 Å². The molecule has 1 atom stereocenters. The highest BCUT2D eigenvalue weighted by Gasteiger charge is 2.37. The first-order valence-electron chi connectivity index (χ1n) is 4.58. The molecule has 0 saturated carbocycles. The third-order valence-corrected chi connectivity index (χ3v) is 2.08. The van der Waals surface area contributed by atoms with Crippen LogP contribution in [-0.2, 0) is 9.59 Å². The summed E-state index contributed by atoms with van der Waals surface area (Å²) in [7, 11) is 0. The molecule has 0 aromatic carbocycles. The molecule has 1 saturated heterocycles. The molecule has 1 rings (SSSR count). The Bertz CT molecular complexity index is 204. The van der Waals surface area contributed by atoms with Gasteiger partial charge in [-0.2, -0.15) is 12.6 Å². The molecular weight excluding hydrogens is 186 g/mol. The molecular formula is C9H17NO2S. The van der Waals surface area contributed by atoms with Crippen molar-refractivity contribution in [2.75, 3.05) is 0 Å². The fourth-order valence-electron chi connectivity index (χ4n) is 1.18. The van der Waals surface area contributed by atoms with Gasteiger partial charge in [-0.3, -0.25) is 14.5 Å². The summed E-state index contributed by atoms with van der Waals surface area (Å²) in [5, 5.41) is -0.412. The molecule has 0 spiro atoms. The van der Waals surface area contributed by atoms with Gasteiger partial charge in [-0.15, -0.1) is 0 Å². The quantitative estimate of drug-likeness (QED) is 0.518. The van der Waals surface area contributed by atoms with Crippen LogP contribution in [-0.4, -0.2) is 28.0 Å². The van der Waals surface area contributed by atoms with Crippen molar-refractivity contribution in [1.82, 2.24) is 4.90 Å². The van der Waals surface area contributed by atoms with Crippen LogP contribution in [0.5, 0.6) is 0 Å². The van der Waals surface area contributed by atoms with Gasteiger partial charge in [0.25, 0.3) is 0 Å². The Morgan fingerprint density at radius 2 is 1.85 bits per heavy atom. The number of nitrogens with zero attached hydrogens (tertiary/aromatic N) is 1. The fraction of sp³-hybridized carbons (Fsp3) is 0.778. The predicted octanol–water partition coefficient (Wildman–Crippen LogP) is 1.48. The lowest BCUT2D eigenvalue weighted by atomic mass is 10.3. The molecule has 2 amide bonds. The summed E-state index contributed by atoms with van der Waals surface area (Å²) in [5.41, 5.74) is 0. The van der Waals surface area contributed by atoms with E-state index >= 15 is 0 Å². The van der Waals surface area contributed by atoms with Gasteiger partial charge in [-0.1, -0.05) is 13.8 Å². The average Bonchev–Trinajstić information content (AvgIpc) is 2.30. The third kappa shape index (κ3) is 2.72. The van der Waals surface area contributed by atoms with Crippen LogP contribution in [0.2, 0.25) is 0 Å². The second-order valence-electron chi connectivity index (χ2n) is 2.92. The van der Waals surface area contributed by atoms with Crippen LogP contribution in [0, 0.1) is 0 Å². The zero-order valence-electron chi connectivity index (χ0n) is 8.57. The number of likely N-dealkylation sites (tertiary alicyclic amines) is 1. The summed E-state index contributed by atoms with van der Waals surface area (Å²) in [6.45, 7) is 7.64. The Hall–Kier alpha value is -0.510. The highest BCUT2D eigenvalue weighted by Crippen LogP contribution is 2.19. The van der Waals surface area contributed by atoms with Gasteiger partial charge in [-0.05, 0) is 13.8 Å². The van der Waals surface area contributed by atoms with Crippen LogP contribution in [0.4, 0.5) is 0 Å². The predicted molar refractivity (Wildman–Crippen MR) is 55.7 cm³/mol. The first kappa shape index (κ1) is 12.5. The Kier molecular flexibility index (Phi) is 5.06. The average molecular weight is 203 g/mol. The molecule has 0 N–H and O–H groups in total. The van der Waals surface area contributed by atoms with Gasteiger partial charge in [0.2, 0.25) is 11.8 Å². The standard InChI is InChI=1S/C7H11NO2S.C2H6/c1-4(2)8-6(9)3-5(11)7(8)10;1-2/h4-5,11H,3H2,1-2H3;1-2H3. The molecule has 1 aliphatic rings. The molecule has 1 heterocycles. The Balaban J connectivity index is 0.000000671. The molecule has 0 aromatic heterocycles. The molecule has 1 aliphatic heterocycles. The van der Waals surface area contributed by atoms with E-state index in [1.54, 1.807) is 0 Å². The molecule has 4 heteroatoms. The molecule has 76 valence electrons. The van der Waals surface area contributed by atoms with Gasteiger partial charge in [-0.25, -0.2) is 0 Å². The van der Waals surface area contributed by atoms with Crippen molar-refractivity contribution < 1.29 is 9.59 Å². The van der Waals surface area contributed by atoms with Gasteiger partial charge in [0.1, 0.15) is 0 Å². The zero-order valence-corrected chi connectivity index (χ0v) is 9.47. The van der Waals surface area contributed by atoms with Crippen LogP contribution in [0.1, 0.15) is 34.1 Å². The van der Waals surface area contributed by atoms with E-state index in [0.29, 0.717) is 0 Å². The zero-order chi connectivity index (χ0) is 10.6. The minimum atomic E-state index is -0.412. The largest absolute Gasteiger partial charge is 0.279 e. The summed E-state index contributed by atoms with van der Waals surface area (Å²) in [6, 6.07) is -0.0350. The first-order valence-corrected chi connectivity index (χ1v) is 5.09. The monoisotopic (exact) mass is 203 g/mol. The Morgan fingerprint density at radius 3 is 2.00 bits per heavy atom. The van der Waals surface area contributed by atoms with Crippen molar-refractivity contribution in [1.29, 1.82) is 0 Å². The van der Waals surface area contributed by atoms with E-state index in [9.17, 15) is 9.59 Å². The second kappa shape index (κ2) is 5.27. The molecule has 1 unspecified atom stereocenters. The molecule has 0 bridgehead atoms. The lowest BCUT2D eigenvalue weighted by Crippen LogP contribution is -2.36. The van der Waals surface area contributed by atoms with E-state index in [4.69, 9.17) is 0 Å². The van der Waals surface area contributed by atoms with Gasteiger partial charge >= 0.3 is 0 Å². The minimum Gasteiger partial charge on any atom is -0.279 e. The van der Waals surface area contributed by atoms with Crippen molar-refractivity contribution >= 4 is 24.4 Å². The number of rotatable bonds is 1. The van der Waals surface area contributed by atoms with Gasteiger partial charge in [0.05, 0.1) is 5.25 Å². The Labute approximate surface area is 84.9 Å². The summed E-state index contributed by atoms with van der Waals surface area (Å²) in [4.78, 5) is 23.6. The topological polar surface area (TPSA) is 37.4 Å². The maximum atomic E-state index is 11.2. The highest BCUT2D eigenvalue weighted by molar-refractivity contribution is 7.81. The van der Waals surface area contributed by atoms with Crippen molar-refractivity contribution in [2.45, 2.75) is 45.4 Å². The third-order valence-electron chi connectivity index (χ3n) is 1.68. The first-order chi connectivity index (χ1) is 6.04. The van der Waals surface area contributed by atoms with Crippen molar-refractivity contribution in [3.8, 4) is 0 Å². The summed E-state index contributed by atoms with van der Waals surface area (Å²) in [6.07, 6.45) is 0.250. The number of carbonyl (C=O) groups is 2. The second-order valence-corrected chi connectivity index (χ2v) is 3.54. The van der Waals surface area contributed by atoms with Gasteiger partial charge in [0.15, 0.2) is 0 Å². The smallest absolute Gasteiger partial charge is 0.242 e. The normalized spacial score (nSPS) is 22.0. The van der Waals surface area contributed by atoms with Crippen molar-refractivity contribution in [2.24, 2.45) is 0 Å². The van der Waals surface area contributed by atoms with Crippen LogP contribution in [0.25, 0.3) is 0 Å². The van der Waals surface area contributed by atoms with E-state index < -0.39 is 5.25 Å². The lowest BCUT2D eigenvalue weighted by molar-refractivity contribution is -0.140. The van der Waals surface area contributed by atoms with Crippen LogP contribution >= 0.6 is 12.6 Å². The van der Waals surface area contributed by atoms with E-state index in [0.717, 1.165) is 0 Å². The molecule has 0 aromatic rings. The van der Waals surface area contributed by atoms with E-state index in [1.807, 2.05) is 27.7 Å². The van der Waals surface area contributed by atoms with E-state index in [1.165, 1.54) is 4.90 Å². The highest BCUT2D eigenvalue weighted by atomic mass is 32.1. The molecule has 1 fully saturated rings. The molecule has 0 radical (unpaired) electrons. The number of hydrogen-bond donors (Lipinski definition) is 1. The summed E-state index contributed by atoms with van der Waals surface area (Å²) >= 11 is 3.99. The fourth-order valence-corrected chi connectivity index (χ4v) is 1.46. The van der Waals surface area contributed by atoms with Crippen LogP contribution in [0.3, 0.4) is 0 Å². The number of imide groups is 1. The van der Waals surface area contributed by atoms with Gasteiger partial charge < -0.3 is 0 Å². The number of hydrogen-bond acceptors (Lipinski definition) is 3. The summed E-state index contributed by atoms with van der Waals surface area (Å²) < 4.78 is 0. The van der Waals surface area contributed by atoms with Crippen molar-refractivity contribution in [3.63, 3.8) is 0 Å². The Morgan fingerprint density at radius 1 is 1.38 bits per heavy atom. The molecule has 13 heavy (non-hydrogen) atoms. The number of amides is 2. The summed E-state index contributed by atoms with van der Waals surface area (Å²) in [5.74, 6) is -0.265. The molecule has 3 nitrogen and oxygen atoms in total. The molecule has 0 aliphatic carbocycles. The lowest BCUT2D eigenvalue weighted by Gasteiger charge is -2.17. The maximum Gasteiger partial charge on any atom is 0.242 e. The van der Waals surface area contributed by atoms with Crippen molar-refractivity contribution in [3.05, 3.63) is 0 Å². The number of carbonyl (C=O) groups excluding carboxylic acids is 2. The number of thiol groups is 1.